The second-order valence-electron chi connectivity index (χ2n) is 7.96. The van der Waals surface area contributed by atoms with E-state index in [4.69, 9.17) is 14.2 Å². The highest BCUT2D eigenvalue weighted by Gasteiger charge is 2.17. The molecule has 4 N–H and O–H groups in total. The zero-order valence-corrected chi connectivity index (χ0v) is 17.0. The van der Waals surface area contributed by atoms with Crippen LogP contribution >= 0.6 is 0 Å². The molecule has 0 aliphatic rings. The normalized spacial score (nSPS) is 18.3. The van der Waals surface area contributed by atoms with Crippen molar-refractivity contribution in [3.05, 3.63) is 0 Å². The summed E-state index contributed by atoms with van der Waals surface area (Å²) in [6, 6.07) is 0. The molecule has 0 rings (SSSR count). The Kier molecular flexibility index (Phi) is 13.6. The van der Waals surface area contributed by atoms with E-state index in [1.807, 2.05) is 28.1 Å². The number of likely N-dealkylation sites (N-methyl/N-ethyl adjacent to an activating group) is 1. The van der Waals surface area contributed by atoms with Crippen molar-refractivity contribution in [3.8, 4) is 0 Å². The van der Waals surface area contributed by atoms with Crippen molar-refractivity contribution in [2.24, 2.45) is 0 Å². The molecule has 26 heavy (non-hydrogen) atoms. The summed E-state index contributed by atoms with van der Waals surface area (Å²) < 4.78 is 16.7. The monoisotopic (exact) mass is 382 g/mol. The zero-order chi connectivity index (χ0) is 20.2. The summed E-state index contributed by atoms with van der Waals surface area (Å²) in [4.78, 5) is 0. The van der Waals surface area contributed by atoms with E-state index in [0.29, 0.717) is 17.4 Å². The molecule has 0 fully saturated rings. The van der Waals surface area contributed by atoms with Crippen LogP contribution < -0.4 is 0 Å². The maximum Gasteiger partial charge on any atom is 0.126 e. The summed E-state index contributed by atoms with van der Waals surface area (Å²) in [6.45, 7) is 4.65. The van der Waals surface area contributed by atoms with Gasteiger partial charge < -0.3 is 39.1 Å². The Morgan fingerprint density at radius 2 is 1.23 bits per heavy atom. The van der Waals surface area contributed by atoms with E-state index in [9.17, 15) is 20.4 Å². The molecule has 5 unspecified atom stereocenters. The van der Waals surface area contributed by atoms with E-state index in [1.54, 1.807) is 6.92 Å². The molecule has 0 bridgehead atoms. The van der Waals surface area contributed by atoms with Crippen molar-refractivity contribution in [1.29, 1.82) is 0 Å². The summed E-state index contributed by atoms with van der Waals surface area (Å²) in [5.41, 5.74) is 0. The van der Waals surface area contributed by atoms with E-state index >= 15 is 0 Å². The molecule has 0 aromatic rings. The highest BCUT2D eigenvalue weighted by molar-refractivity contribution is 4.62. The number of hydrogen-bond acceptors (Lipinski definition) is 7. The molecule has 0 aliphatic carbocycles. The standard InChI is InChI=1S/C18H40NO7/c1-6-18(7-14(2)20)26-13-17(23)12-25-11-16(22)10-24-9-15(21)8-19(3,4)5/h14-18,20-23H,6-13H2,1-5H3/q+1. The van der Waals surface area contributed by atoms with Crippen LogP contribution in [0.2, 0.25) is 0 Å². The van der Waals surface area contributed by atoms with Gasteiger partial charge in [0.2, 0.25) is 0 Å². The third kappa shape index (κ3) is 15.9. The molecular formula is C18H40NO7+. The molecule has 8 nitrogen and oxygen atoms in total. The van der Waals surface area contributed by atoms with Gasteiger partial charge in [-0.3, -0.25) is 0 Å². The van der Waals surface area contributed by atoms with Crippen LogP contribution in [-0.4, -0.2) is 116 Å². The Bertz CT molecular complexity index is 336. The average molecular weight is 383 g/mol. The molecule has 0 aromatic carbocycles. The molecule has 0 saturated heterocycles. The van der Waals surface area contributed by atoms with Gasteiger partial charge in [0.25, 0.3) is 0 Å². The quantitative estimate of drug-likeness (QED) is 0.263. The highest BCUT2D eigenvalue weighted by Crippen LogP contribution is 2.07. The van der Waals surface area contributed by atoms with Gasteiger partial charge in [-0.2, -0.15) is 0 Å². The Labute approximate surface area is 157 Å². The molecular weight excluding hydrogens is 342 g/mol. The lowest BCUT2D eigenvalue weighted by molar-refractivity contribution is -0.873. The molecule has 0 saturated carbocycles. The predicted molar refractivity (Wildman–Crippen MR) is 98.9 cm³/mol. The van der Waals surface area contributed by atoms with Crippen LogP contribution in [0.4, 0.5) is 0 Å². The summed E-state index contributed by atoms with van der Waals surface area (Å²) in [5, 5.41) is 38.8. The average Bonchev–Trinajstić information content (AvgIpc) is 2.49. The predicted octanol–water partition coefficient (Wildman–Crippen LogP) is -0.625. The third-order valence-corrected chi connectivity index (χ3v) is 3.58. The largest absolute Gasteiger partial charge is 0.393 e. The van der Waals surface area contributed by atoms with E-state index in [1.165, 1.54) is 0 Å². The topological polar surface area (TPSA) is 109 Å². The molecule has 0 aromatic heterocycles. The van der Waals surface area contributed by atoms with E-state index in [2.05, 4.69) is 0 Å². The second-order valence-corrected chi connectivity index (χ2v) is 7.96. The Morgan fingerprint density at radius 3 is 1.65 bits per heavy atom. The van der Waals surface area contributed by atoms with Crippen LogP contribution in [0.15, 0.2) is 0 Å². The molecule has 5 atom stereocenters. The SMILES string of the molecule is CCC(CC(C)O)OCC(O)COCC(O)COCC(O)C[N+](C)(C)C. The first kappa shape index (κ1) is 25.7. The van der Waals surface area contributed by atoms with E-state index < -0.39 is 24.4 Å². The zero-order valence-electron chi connectivity index (χ0n) is 17.0. The number of ether oxygens (including phenoxy) is 3. The van der Waals surface area contributed by atoms with Gasteiger partial charge in [0.15, 0.2) is 0 Å². The second kappa shape index (κ2) is 13.8. The van der Waals surface area contributed by atoms with Crippen molar-refractivity contribution in [2.75, 3.05) is 60.7 Å². The molecule has 158 valence electrons. The van der Waals surface area contributed by atoms with Gasteiger partial charge in [0.1, 0.15) is 24.9 Å². The highest BCUT2D eigenvalue weighted by atomic mass is 16.5. The first-order chi connectivity index (χ1) is 12.0. The van der Waals surface area contributed by atoms with Crippen molar-refractivity contribution in [1.82, 2.24) is 0 Å². The van der Waals surface area contributed by atoms with Gasteiger partial charge in [-0.25, -0.2) is 0 Å². The van der Waals surface area contributed by atoms with E-state index in [0.717, 1.165) is 6.42 Å². The van der Waals surface area contributed by atoms with Gasteiger partial charge in [0.05, 0.1) is 66.4 Å². The first-order valence-electron chi connectivity index (χ1n) is 9.33. The maximum atomic E-state index is 9.84. The number of aliphatic hydroxyl groups excluding tert-OH is 4. The molecule has 0 heterocycles. The summed E-state index contributed by atoms with van der Waals surface area (Å²) >= 11 is 0. The number of quaternary nitrogens is 1. The number of aliphatic hydroxyl groups is 4. The minimum atomic E-state index is -0.821. The lowest BCUT2D eigenvalue weighted by Gasteiger charge is -2.26. The molecule has 0 radical (unpaired) electrons. The van der Waals surface area contributed by atoms with Gasteiger partial charge in [-0.1, -0.05) is 6.92 Å². The molecule has 8 heteroatoms. The Balaban J connectivity index is 3.75. The van der Waals surface area contributed by atoms with Crippen LogP contribution in [0.5, 0.6) is 0 Å². The minimum absolute atomic E-state index is 0.0351. The fourth-order valence-electron chi connectivity index (χ4n) is 2.44. The van der Waals surface area contributed by atoms with Crippen molar-refractivity contribution >= 4 is 0 Å². The van der Waals surface area contributed by atoms with Crippen LogP contribution in [0, 0.1) is 0 Å². The van der Waals surface area contributed by atoms with Crippen molar-refractivity contribution in [3.63, 3.8) is 0 Å². The number of nitrogens with zero attached hydrogens (tertiary/aromatic N) is 1. The van der Waals surface area contributed by atoms with Crippen molar-refractivity contribution < 1.29 is 39.1 Å². The van der Waals surface area contributed by atoms with Crippen molar-refractivity contribution in [2.45, 2.75) is 57.2 Å². The third-order valence-electron chi connectivity index (χ3n) is 3.58. The van der Waals surface area contributed by atoms with Crippen LogP contribution in [0.1, 0.15) is 26.7 Å². The van der Waals surface area contributed by atoms with Crippen LogP contribution in [0.3, 0.4) is 0 Å². The van der Waals surface area contributed by atoms with Gasteiger partial charge in [0, 0.05) is 0 Å². The Morgan fingerprint density at radius 1 is 0.769 bits per heavy atom. The molecule has 0 amide bonds. The minimum Gasteiger partial charge on any atom is -0.393 e. The summed E-state index contributed by atoms with van der Waals surface area (Å²) in [7, 11) is 5.94. The van der Waals surface area contributed by atoms with Gasteiger partial charge in [-0.15, -0.1) is 0 Å². The number of hydrogen-bond donors (Lipinski definition) is 4. The molecule has 0 aliphatic heterocycles. The van der Waals surface area contributed by atoms with Crippen LogP contribution in [-0.2, 0) is 14.2 Å². The smallest absolute Gasteiger partial charge is 0.126 e. The Hall–Kier alpha value is -0.320. The van der Waals surface area contributed by atoms with Gasteiger partial charge in [-0.05, 0) is 19.8 Å². The summed E-state index contributed by atoms with van der Waals surface area (Å²) in [6.07, 6.45) is -1.45. The summed E-state index contributed by atoms with van der Waals surface area (Å²) in [5.74, 6) is 0. The van der Waals surface area contributed by atoms with Crippen LogP contribution in [0.25, 0.3) is 0 Å². The first-order valence-corrected chi connectivity index (χ1v) is 9.33. The molecule has 0 spiro atoms. The fourth-order valence-corrected chi connectivity index (χ4v) is 2.44. The lowest BCUT2D eigenvalue weighted by Crippen LogP contribution is -2.43. The number of rotatable bonds is 16. The lowest BCUT2D eigenvalue weighted by atomic mass is 10.1. The maximum absolute atomic E-state index is 9.84. The fraction of sp³-hybridized carbons (Fsp3) is 1.00. The van der Waals surface area contributed by atoms with E-state index in [-0.39, 0.29) is 39.1 Å². The van der Waals surface area contributed by atoms with Gasteiger partial charge >= 0.3 is 0 Å².